The lowest BCUT2D eigenvalue weighted by Gasteiger charge is -2.06. The van der Waals surface area contributed by atoms with Crippen LogP contribution in [0.4, 0.5) is 0 Å². The van der Waals surface area contributed by atoms with Crippen LogP contribution in [0.25, 0.3) is 0 Å². The van der Waals surface area contributed by atoms with Crippen LogP contribution in [0.15, 0.2) is 35.2 Å². The van der Waals surface area contributed by atoms with Crippen molar-refractivity contribution in [2.75, 3.05) is 6.54 Å². The number of hydrogen-bond acceptors (Lipinski definition) is 2. The summed E-state index contributed by atoms with van der Waals surface area (Å²) in [6.07, 6.45) is 5.43. The normalized spacial score (nSPS) is 10.5. The summed E-state index contributed by atoms with van der Waals surface area (Å²) < 4.78 is 4.46. The van der Waals surface area contributed by atoms with E-state index in [2.05, 4.69) is 26.3 Å². The van der Waals surface area contributed by atoms with Gasteiger partial charge in [0.2, 0.25) is 0 Å². The summed E-state index contributed by atoms with van der Waals surface area (Å²) in [5.41, 5.74) is 0.636. The molecule has 2 aromatic rings. The zero-order valence-electron chi connectivity index (χ0n) is 9.43. The van der Waals surface area contributed by atoms with E-state index in [1.807, 2.05) is 25.5 Å². The van der Waals surface area contributed by atoms with Gasteiger partial charge in [-0.25, -0.2) is 0 Å². The Balaban J connectivity index is 1.87. The van der Waals surface area contributed by atoms with Crippen molar-refractivity contribution in [2.45, 2.75) is 6.54 Å². The molecular formula is C11H13BrN4O. The number of rotatable bonds is 4. The van der Waals surface area contributed by atoms with E-state index >= 15 is 0 Å². The summed E-state index contributed by atoms with van der Waals surface area (Å²) in [4.78, 5) is 11.8. The molecule has 2 rings (SSSR count). The maximum absolute atomic E-state index is 11.8. The number of amides is 1. The largest absolute Gasteiger partial charge is 0.349 e. The van der Waals surface area contributed by atoms with E-state index in [1.165, 1.54) is 0 Å². The van der Waals surface area contributed by atoms with Gasteiger partial charge in [0.25, 0.3) is 5.91 Å². The number of carbonyl (C=O) groups excluding carboxylic acids is 1. The fourth-order valence-electron chi connectivity index (χ4n) is 1.56. The van der Waals surface area contributed by atoms with Crippen LogP contribution >= 0.6 is 15.9 Å². The molecule has 6 heteroatoms. The third-order valence-corrected chi connectivity index (χ3v) is 2.82. The molecule has 1 N–H and O–H groups in total. The van der Waals surface area contributed by atoms with Crippen molar-refractivity contribution in [3.05, 3.63) is 40.9 Å². The molecule has 5 nitrogen and oxygen atoms in total. The van der Waals surface area contributed by atoms with Gasteiger partial charge in [-0.05, 0) is 28.1 Å². The van der Waals surface area contributed by atoms with Crippen LogP contribution in [0.5, 0.6) is 0 Å². The Labute approximate surface area is 108 Å². The minimum absolute atomic E-state index is 0.0784. The topological polar surface area (TPSA) is 51.9 Å². The van der Waals surface area contributed by atoms with Crippen LogP contribution in [-0.2, 0) is 13.6 Å². The molecule has 2 aromatic heterocycles. The third-order valence-electron chi connectivity index (χ3n) is 2.39. The van der Waals surface area contributed by atoms with Crippen LogP contribution in [0.1, 0.15) is 10.5 Å². The molecule has 0 saturated heterocycles. The van der Waals surface area contributed by atoms with Gasteiger partial charge < -0.3 is 9.88 Å². The number of carbonyl (C=O) groups is 1. The van der Waals surface area contributed by atoms with Crippen LogP contribution in [0, 0.1) is 0 Å². The minimum Gasteiger partial charge on any atom is -0.349 e. The second-order valence-electron chi connectivity index (χ2n) is 3.68. The molecule has 0 aliphatic heterocycles. The summed E-state index contributed by atoms with van der Waals surface area (Å²) in [6, 6.07) is 3.65. The van der Waals surface area contributed by atoms with E-state index in [4.69, 9.17) is 0 Å². The van der Waals surface area contributed by atoms with Gasteiger partial charge in [-0.3, -0.25) is 9.48 Å². The van der Waals surface area contributed by atoms with Crippen LogP contribution in [0.2, 0.25) is 0 Å². The molecule has 0 spiro atoms. The first kappa shape index (κ1) is 11.9. The molecule has 17 heavy (non-hydrogen) atoms. The standard InChI is InChI=1S/C11H13BrN4O/c1-15-8-9(12)7-10(15)11(17)13-4-6-16-5-2-3-14-16/h2-3,5,7-8H,4,6H2,1H3,(H,13,17). The summed E-state index contributed by atoms with van der Waals surface area (Å²) in [6.45, 7) is 1.23. The van der Waals surface area contributed by atoms with E-state index in [0.717, 1.165) is 4.47 Å². The van der Waals surface area contributed by atoms with Crippen molar-refractivity contribution in [1.29, 1.82) is 0 Å². The number of halogens is 1. The van der Waals surface area contributed by atoms with E-state index in [1.54, 1.807) is 21.5 Å². The molecule has 0 aliphatic rings. The molecule has 0 unspecified atom stereocenters. The maximum atomic E-state index is 11.8. The Hall–Kier alpha value is -1.56. The fourth-order valence-corrected chi connectivity index (χ4v) is 2.08. The molecule has 0 aromatic carbocycles. The van der Waals surface area contributed by atoms with Gasteiger partial charge in [0.1, 0.15) is 5.69 Å². The van der Waals surface area contributed by atoms with Gasteiger partial charge in [-0.1, -0.05) is 0 Å². The lowest BCUT2D eigenvalue weighted by atomic mass is 10.4. The Kier molecular flexibility index (Phi) is 3.63. The summed E-state index contributed by atoms with van der Waals surface area (Å²) in [5, 5.41) is 6.91. The van der Waals surface area contributed by atoms with Gasteiger partial charge in [0.05, 0.1) is 6.54 Å². The number of aromatic nitrogens is 3. The molecular weight excluding hydrogens is 284 g/mol. The average molecular weight is 297 g/mol. The molecule has 0 bridgehead atoms. The lowest BCUT2D eigenvalue weighted by Crippen LogP contribution is -2.28. The van der Waals surface area contributed by atoms with Gasteiger partial charge in [-0.15, -0.1) is 0 Å². The molecule has 0 atom stereocenters. The smallest absolute Gasteiger partial charge is 0.267 e. The van der Waals surface area contributed by atoms with Crippen molar-refractivity contribution in [1.82, 2.24) is 19.7 Å². The molecule has 1 amide bonds. The predicted octanol–water partition coefficient (Wildman–Crippen LogP) is 1.41. The molecule has 0 radical (unpaired) electrons. The van der Waals surface area contributed by atoms with E-state index in [0.29, 0.717) is 18.8 Å². The van der Waals surface area contributed by atoms with Crippen molar-refractivity contribution in [3.63, 3.8) is 0 Å². The van der Waals surface area contributed by atoms with Gasteiger partial charge in [-0.2, -0.15) is 5.10 Å². The lowest BCUT2D eigenvalue weighted by molar-refractivity contribution is 0.0944. The molecule has 2 heterocycles. The van der Waals surface area contributed by atoms with Crippen molar-refractivity contribution < 1.29 is 4.79 Å². The first-order chi connectivity index (χ1) is 8.16. The SMILES string of the molecule is Cn1cc(Br)cc1C(=O)NCCn1cccn1. The Morgan fingerprint density at radius 1 is 1.59 bits per heavy atom. The zero-order chi connectivity index (χ0) is 12.3. The van der Waals surface area contributed by atoms with E-state index in [9.17, 15) is 4.79 Å². The van der Waals surface area contributed by atoms with Gasteiger partial charge in [0.15, 0.2) is 0 Å². The van der Waals surface area contributed by atoms with Crippen LogP contribution in [-0.4, -0.2) is 26.8 Å². The highest BCUT2D eigenvalue weighted by Gasteiger charge is 2.09. The quantitative estimate of drug-likeness (QED) is 0.928. The Morgan fingerprint density at radius 3 is 3.00 bits per heavy atom. The highest BCUT2D eigenvalue weighted by atomic mass is 79.9. The predicted molar refractivity (Wildman–Crippen MR) is 67.7 cm³/mol. The van der Waals surface area contributed by atoms with E-state index in [-0.39, 0.29) is 5.91 Å². The summed E-state index contributed by atoms with van der Waals surface area (Å²) in [5.74, 6) is -0.0784. The Bertz CT molecular complexity index is 504. The molecule has 0 aliphatic carbocycles. The maximum Gasteiger partial charge on any atom is 0.267 e. The van der Waals surface area contributed by atoms with Gasteiger partial charge in [0, 0.05) is 36.7 Å². The molecule has 0 fully saturated rings. The monoisotopic (exact) mass is 296 g/mol. The molecule has 0 saturated carbocycles. The minimum atomic E-state index is -0.0784. The highest BCUT2D eigenvalue weighted by Crippen LogP contribution is 2.13. The van der Waals surface area contributed by atoms with Crippen molar-refractivity contribution in [3.8, 4) is 0 Å². The zero-order valence-corrected chi connectivity index (χ0v) is 11.0. The summed E-state index contributed by atoms with van der Waals surface area (Å²) >= 11 is 3.34. The van der Waals surface area contributed by atoms with Crippen LogP contribution in [0.3, 0.4) is 0 Å². The van der Waals surface area contributed by atoms with Crippen molar-refractivity contribution >= 4 is 21.8 Å². The first-order valence-corrected chi connectivity index (χ1v) is 6.03. The molecule has 90 valence electrons. The van der Waals surface area contributed by atoms with E-state index < -0.39 is 0 Å². The average Bonchev–Trinajstić information content (AvgIpc) is 2.88. The second-order valence-corrected chi connectivity index (χ2v) is 4.60. The number of nitrogens with zero attached hydrogens (tertiary/aromatic N) is 3. The number of nitrogens with one attached hydrogen (secondary N) is 1. The fraction of sp³-hybridized carbons (Fsp3) is 0.273. The highest BCUT2D eigenvalue weighted by molar-refractivity contribution is 9.10. The number of hydrogen-bond donors (Lipinski definition) is 1. The first-order valence-electron chi connectivity index (χ1n) is 5.24. The van der Waals surface area contributed by atoms with Crippen molar-refractivity contribution in [2.24, 2.45) is 7.05 Å². The number of aryl methyl sites for hydroxylation is 1. The summed E-state index contributed by atoms with van der Waals surface area (Å²) in [7, 11) is 1.84. The van der Waals surface area contributed by atoms with Gasteiger partial charge >= 0.3 is 0 Å². The third kappa shape index (κ3) is 2.97. The Morgan fingerprint density at radius 2 is 2.41 bits per heavy atom. The second kappa shape index (κ2) is 5.18. The van der Waals surface area contributed by atoms with Crippen LogP contribution < -0.4 is 5.32 Å².